The van der Waals surface area contributed by atoms with Crippen LogP contribution in [0.5, 0.6) is 0 Å². The molecule has 0 amide bonds. The first-order valence-corrected chi connectivity index (χ1v) is 7.92. The van der Waals surface area contributed by atoms with Gasteiger partial charge in [-0.25, -0.2) is 4.79 Å². The van der Waals surface area contributed by atoms with Gasteiger partial charge in [-0.05, 0) is 31.1 Å². The van der Waals surface area contributed by atoms with Gasteiger partial charge in [-0.2, -0.15) is 0 Å². The number of carboxylic acids is 1. The Hall–Kier alpha value is -0.790. The lowest BCUT2D eigenvalue weighted by Crippen LogP contribution is -2.23. The number of carboxylic acid groups (broad SMARTS) is 1. The molecule has 0 aromatic carbocycles. The van der Waals surface area contributed by atoms with E-state index >= 15 is 0 Å². The van der Waals surface area contributed by atoms with Gasteiger partial charge in [0.05, 0.1) is 0 Å². The molecule has 0 spiro atoms. The monoisotopic (exact) mass is 268 g/mol. The lowest BCUT2D eigenvalue weighted by molar-refractivity contribution is -0.133. The second-order valence-electron chi connectivity index (χ2n) is 5.90. The molecule has 0 saturated heterocycles. The summed E-state index contributed by atoms with van der Waals surface area (Å²) in [6, 6.07) is 0. The lowest BCUT2D eigenvalue weighted by Gasteiger charge is -2.34. The van der Waals surface area contributed by atoms with Gasteiger partial charge in [0, 0.05) is 5.57 Å². The second-order valence-corrected chi connectivity index (χ2v) is 5.90. The zero-order chi connectivity index (χ0) is 14.7. The van der Waals surface area contributed by atoms with E-state index in [1.807, 2.05) is 0 Å². The van der Waals surface area contributed by atoms with Gasteiger partial charge in [0.15, 0.2) is 0 Å². The molecule has 19 heavy (non-hydrogen) atoms. The first-order chi connectivity index (χ1) is 9.01. The van der Waals surface area contributed by atoms with Gasteiger partial charge in [-0.1, -0.05) is 65.9 Å². The normalized spacial score (nSPS) is 11.5. The lowest BCUT2D eigenvalue weighted by atomic mass is 9.70. The number of rotatable bonds is 12. The Morgan fingerprint density at radius 1 is 0.947 bits per heavy atom. The van der Waals surface area contributed by atoms with E-state index in [9.17, 15) is 4.79 Å². The van der Waals surface area contributed by atoms with Crippen LogP contribution in [0.1, 0.15) is 85.0 Å². The van der Waals surface area contributed by atoms with Crippen LogP contribution in [-0.2, 0) is 4.79 Å². The van der Waals surface area contributed by atoms with Gasteiger partial charge in [0.2, 0.25) is 0 Å². The van der Waals surface area contributed by atoms with Crippen LogP contribution in [-0.4, -0.2) is 11.1 Å². The average Bonchev–Trinajstić information content (AvgIpc) is 2.40. The maximum atomic E-state index is 11.1. The molecule has 0 aliphatic carbocycles. The van der Waals surface area contributed by atoms with E-state index in [1.54, 1.807) is 0 Å². The minimum Gasteiger partial charge on any atom is -0.478 e. The SMILES string of the molecule is C=C(CC(CCCC)(CCCC)CCCC)C(=O)O. The molecule has 0 unspecified atom stereocenters. The summed E-state index contributed by atoms with van der Waals surface area (Å²) < 4.78 is 0. The van der Waals surface area contributed by atoms with Crippen molar-refractivity contribution in [3.05, 3.63) is 12.2 Å². The fourth-order valence-electron chi connectivity index (χ4n) is 2.82. The number of aliphatic carboxylic acids is 1. The highest BCUT2D eigenvalue weighted by atomic mass is 16.4. The van der Waals surface area contributed by atoms with Gasteiger partial charge in [0.1, 0.15) is 0 Å². The Balaban J connectivity index is 4.85. The topological polar surface area (TPSA) is 37.3 Å². The van der Waals surface area contributed by atoms with Crippen LogP contribution in [0.25, 0.3) is 0 Å². The van der Waals surface area contributed by atoms with Crippen molar-refractivity contribution >= 4 is 5.97 Å². The molecule has 2 nitrogen and oxygen atoms in total. The smallest absolute Gasteiger partial charge is 0.330 e. The molecule has 0 bridgehead atoms. The van der Waals surface area contributed by atoms with Crippen LogP contribution >= 0.6 is 0 Å². The largest absolute Gasteiger partial charge is 0.478 e. The summed E-state index contributed by atoms with van der Waals surface area (Å²) in [6.45, 7) is 10.4. The van der Waals surface area contributed by atoms with Crippen molar-refractivity contribution in [2.75, 3.05) is 0 Å². The Labute approximate surface area is 119 Å². The highest BCUT2D eigenvalue weighted by Crippen LogP contribution is 2.41. The van der Waals surface area contributed by atoms with Crippen molar-refractivity contribution in [1.29, 1.82) is 0 Å². The van der Waals surface area contributed by atoms with Crippen LogP contribution in [0, 0.1) is 5.41 Å². The molecule has 0 aromatic rings. The van der Waals surface area contributed by atoms with E-state index in [2.05, 4.69) is 27.4 Å². The van der Waals surface area contributed by atoms with E-state index in [1.165, 1.54) is 38.5 Å². The van der Waals surface area contributed by atoms with Gasteiger partial charge in [-0.15, -0.1) is 0 Å². The van der Waals surface area contributed by atoms with Gasteiger partial charge in [0.25, 0.3) is 0 Å². The number of unbranched alkanes of at least 4 members (excludes halogenated alkanes) is 3. The Morgan fingerprint density at radius 3 is 1.58 bits per heavy atom. The van der Waals surface area contributed by atoms with Crippen molar-refractivity contribution in [2.24, 2.45) is 5.41 Å². The quantitative estimate of drug-likeness (QED) is 0.469. The standard InChI is InChI=1S/C17H32O2/c1-5-8-11-17(12-9-6-2,13-10-7-3)14-15(4)16(18)19/h4-14H2,1-3H3,(H,18,19). The summed E-state index contributed by atoms with van der Waals surface area (Å²) in [6.07, 6.45) is 11.2. The molecule has 0 aromatic heterocycles. The third kappa shape index (κ3) is 7.39. The maximum Gasteiger partial charge on any atom is 0.330 e. The number of carbonyl (C=O) groups is 1. The van der Waals surface area contributed by atoms with Crippen LogP contribution < -0.4 is 0 Å². The predicted molar refractivity (Wildman–Crippen MR) is 82.4 cm³/mol. The summed E-state index contributed by atoms with van der Waals surface area (Å²) in [7, 11) is 0. The average molecular weight is 268 g/mol. The minimum absolute atomic E-state index is 0.178. The molecule has 0 radical (unpaired) electrons. The summed E-state index contributed by atoms with van der Waals surface area (Å²) in [5.41, 5.74) is 0.570. The highest BCUT2D eigenvalue weighted by Gasteiger charge is 2.30. The van der Waals surface area contributed by atoms with Crippen LogP contribution in [0.2, 0.25) is 0 Å². The van der Waals surface area contributed by atoms with E-state index in [0.29, 0.717) is 12.0 Å². The van der Waals surface area contributed by atoms with E-state index in [4.69, 9.17) is 5.11 Å². The zero-order valence-electron chi connectivity index (χ0n) is 13.1. The fraction of sp³-hybridized carbons (Fsp3) is 0.824. The van der Waals surface area contributed by atoms with Crippen LogP contribution in [0.15, 0.2) is 12.2 Å². The minimum atomic E-state index is -0.825. The Kier molecular flexibility index (Phi) is 9.63. The molecule has 0 aliphatic heterocycles. The number of hydrogen-bond donors (Lipinski definition) is 1. The zero-order valence-corrected chi connectivity index (χ0v) is 13.1. The Morgan fingerprint density at radius 2 is 1.32 bits per heavy atom. The molecule has 2 heteroatoms. The molecule has 112 valence electrons. The molecule has 0 rings (SSSR count). The molecule has 0 fully saturated rings. The van der Waals surface area contributed by atoms with Gasteiger partial charge >= 0.3 is 5.97 Å². The predicted octanol–water partition coefficient (Wildman–Crippen LogP) is 5.57. The highest BCUT2D eigenvalue weighted by molar-refractivity contribution is 5.85. The van der Waals surface area contributed by atoms with E-state index < -0.39 is 5.97 Å². The van der Waals surface area contributed by atoms with Crippen molar-refractivity contribution in [1.82, 2.24) is 0 Å². The molecule has 0 heterocycles. The molecule has 0 saturated carbocycles. The van der Waals surface area contributed by atoms with Gasteiger partial charge < -0.3 is 5.11 Å². The molecule has 0 atom stereocenters. The summed E-state index contributed by atoms with van der Waals surface area (Å²) in [5, 5.41) is 9.12. The Bertz CT molecular complexity index is 247. The summed E-state index contributed by atoms with van der Waals surface area (Å²) in [4.78, 5) is 11.1. The van der Waals surface area contributed by atoms with E-state index in [0.717, 1.165) is 19.3 Å². The third-order valence-electron chi connectivity index (χ3n) is 4.07. The fourth-order valence-corrected chi connectivity index (χ4v) is 2.82. The summed E-state index contributed by atoms with van der Waals surface area (Å²) >= 11 is 0. The molecular weight excluding hydrogens is 236 g/mol. The van der Waals surface area contributed by atoms with Crippen molar-refractivity contribution < 1.29 is 9.90 Å². The number of hydrogen-bond acceptors (Lipinski definition) is 1. The first-order valence-electron chi connectivity index (χ1n) is 7.92. The molecule has 0 aliphatic rings. The molecular formula is C17H32O2. The summed E-state index contributed by atoms with van der Waals surface area (Å²) in [5.74, 6) is -0.825. The second kappa shape index (κ2) is 10.1. The first kappa shape index (κ1) is 18.2. The van der Waals surface area contributed by atoms with Crippen LogP contribution in [0.3, 0.4) is 0 Å². The maximum absolute atomic E-state index is 11.1. The van der Waals surface area contributed by atoms with E-state index in [-0.39, 0.29) is 5.41 Å². The van der Waals surface area contributed by atoms with Gasteiger partial charge in [-0.3, -0.25) is 0 Å². The van der Waals surface area contributed by atoms with Crippen molar-refractivity contribution in [3.63, 3.8) is 0 Å². The van der Waals surface area contributed by atoms with Crippen molar-refractivity contribution in [2.45, 2.75) is 85.0 Å². The van der Waals surface area contributed by atoms with Crippen molar-refractivity contribution in [3.8, 4) is 0 Å². The van der Waals surface area contributed by atoms with Crippen LogP contribution in [0.4, 0.5) is 0 Å². The molecule has 1 N–H and O–H groups in total. The third-order valence-corrected chi connectivity index (χ3v) is 4.07.